The molecule has 0 bridgehead atoms. The van der Waals surface area contributed by atoms with Crippen molar-refractivity contribution in [1.82, 2.24) is 4.98 Å². The van der Waals surface area contributed by atoms with Crippen molar-refractivity contribution >= 4 is 17.7 Å². The van der Waals surface area contributed by atoms with Crippen LogP contribution in [0, 0.1) is 5.92 Å². The summed E-state index contributed by atoms with van der Waals surface area (Å²) < 4.78 is 0. The zero-order valence-electron chi connectivity index (χ0n) is 21.4. The topological polar surface area (TPSA) is 152 Å². The lowest BCUT2D eigenvalue weighted by Gasteiger charge is -2.28. The molecule has 8 heteroatoms. The first-order chi connectivity index (χ1) is 17.4. The minimum atomic E-state index is -1.04. The highest BCUT2D eigenvalue weighted by Crippen LogP contribution is 2.30. The zero-order chi connectivity index (χ0) is 26.2. The van der Waals surface area contributed by atoms with Gasteiger partial charge < -0.3 is 32.0 Å². The van der Waals surface area contributed by atoms with Crippen LogP contribution in [0.4, 0.5) is 5.82 Å². The number of phenolic OH excluding ortho intramolecular Hbond substituents is 1. The molecule has 0 aliphatic heterocycles. The zero-order valence-corrected chi connectivity index (χ0v) is 21.4. The van der Waals surface area contributed by atoms with Gasteiger partial charge in [0.1, 0.15) is 5.75 Å². The van der Waals surface area contributed by atoms with Gasteiger partial charge in [-0.2, -0.15) is 0 Å². The van der Waals surface area contributed by atoms with Crippen molar-refractivity contribution in [2.45, 2.75) is 77.2 Å². The Bertz CT molecular complexity index is 935. The number of hydrogen-bond donors (Lipinski definition) is 5. The van der Waals surface area contributed by atoms with Crippen LogP contribution in [0.1, 0.15) is 70.3 Å². The minimum Gasteiger partial charge on any atom is -0.508 e. The van der Waals surface area contributed by atoms with Gasteiger partial charge in [-0.15, -0.1) is 0 Å². The van der Waals surface area contributed by atoms with E-state index in [1.807, 2.05) is 24.3 Å². The number of benzene rings is 1. The van der Waals surface area contributed by atoms with Crippen molar-refractivity contribution in [3.63, 3.8) is 0 Å². The number of H-pyrrole nitrogens is 1. The first kappa shape index (κ1) is 28.8. The minimum absolute atomic E-state index is 0.0815. The third-order valence-corrected chi connectivity index (χ3v) is 6.32. The van der Waals surface area contributed by atoms with Gasteiger partial charge in [0.05, 0.1) is 6.54 Å². The van der Waals surface area contributed by atoms with E-state index in [1.54, 1.807) is 18.3 Å². The standard InChI is InChI=1S/C28H42N5O3/c1-2-3-4-5-6-9-21(18-22-13-15-24(34)16-14-22)10-7-11-25(33-26-12-8-17-31-26)23(19-27(35)36)20-32-28(29)30/h8,12-17,19,21,25,31,34H,2-7,9-11,18,20H2,1H3,(H,35,36)(H4,29,30,32)/q-1/b23-19+/t21-,25-/m1/s1. The molecule has 0 radical (unpaired) electrons. The number of aliphatic carboxylic acids is 1. The fourth-order valence-corrected chi connectivity index (χ4v) is 4.44. The van der Waals surface area contributed by atoms with Crippen LogP contribution in [-0.4, -0.2) is 39.7 Å². The van der Waals surface area contributed by atoms with Crippen LogP contribution < -0.4 is 11.5 Å². The quantitative estimate of drug-likeness (QED) is 0.0768. The Kier molecular flexibility index (Phi) is 13.0. The predicted molar refractivity (Wildman–Crippen MR) is 147 cm³/mol. The normalized spacial score (nSPS) is 13.2. The molecule has 0 unspecified atom stereocenters. The van der Waals surface area contributed by atoms with Crippen LogP contribution in [0.25, 0.3) is 5.32 Å². The number of unbranched alkanes of at least 4 members (excludes halogenated alkanes) is 4. The van der Waals surface area contributed by atoms with Gasteiger partial charge in [0.2, 0.25) is 0 Å². The molecule has 0 aliphatic rings. The molecule has 0 saturated carbocycles. The summed E-state index contributed by atoms with van der Waals surface area (Å²) in [6.45, 7) is 2.32. The molecule has 36 heavy (non-hydrogen) atoms. The van der Waals surface area contributed by atoms with Crippen molar-refractivity contribution < 1.29 is 15.0 Å². The molecule has 8 nitrogen and oxygen atoms in total. The van der Waals surface area contributed by atoms with E-state index in [4.69, 9.17) is 16.8 Å². The van der Waals surface area contributed by atoms with Crippen molar-refractivity contribution in [3.8, 4) is 5.75 Å². The molecule has 2 rings (SSSR count). The lowest BCUT2D eigenvalue weighted by Crippen LogP contribution is -2.24. The molecule has 1 aromatic heterocycles. The maximum Gasteiger partial charge on any atom is 0.328 e. The van der Waals surface area contributed by atoms with E-state index < -0.39 is 5.97 Å². The number of aliphatic imine (C=N–C) groups is 1. The Hall–Kier alpha value is -3.42. The second-order valence-corrected chi connectivity index (χ2v) is 9.37. The summed E-state index contributed by atoms with van der Waals surface area (Å²) in [4.78, 5) is 18.6. The summed E-state index contributed by atoms with van der Waals surface area (Å²) in [6.07, 6.45) is 13.9. The third-order valence-electron chi connectivity index (χ3n) is 6.32. The van der Waals surface area contributed by atoms with Gasteiger partial charge >= 0.3 is 5.97 Å². The number of aromatic amines is 1. The molecule has 0 aliphatic carbocycles. The van der Waals surface area contributed by atoms with E-state index in [9.17, 15) is 15.0 Å². The Labute approximate surface area is 214 Å². The van der Waals surface area contributed by atoms with Crippen LogP contribution in [0.5, 0.6) is 5.75 Å². The van der Waals surface area contributed by atoms with Gasteiger partial charge in [0, 0.05) is 6.08 Å². The average Bonchev–Trinajstić information content (AvgIpc) is 3.35. The maximum atomic E-state index is 11.5. The number of rotatable bonds is 18. The van der Waals surface area contributed by atoms with Gasteiger partial charge in [-0.05, 0) is 48.1 Å². The largest absolute Gasteiger partial charge is 0.508 e. The van der Waals surface area contributed by atoms with Gasteiger partial charge in [-0.3, -0.25) is 0 Å². The highest BCUT2D eigenvalue weighted by atomic mass is 16.4. The summed E-state index contributed by atoms with van der Waals surface area (Å²) in [5.74, 6) is 0.355. The Morgan fingerprint density at radius 2 is 1.78 bits per heavy atom. The number of nitrogens with zero attached hydrogens (tertiary/aromatic N) is 2. The van der Waals surface area contributed by atoms with Crippen molar-refractivity contribution in [1.29, 1.82) is 0 Å². The number of aromatic hydroxyl groups is 1. The van der Waals surface area contributed by atoms with Crippen molar-refractivity contribution in [3.05, 3.63) is 65.1 Å². The van der Waals surface area contributed by atoms with E-state index >= 15 is 0 Å². The third kappa shape index (κ3) is 11.8. The number of phenols is 1. The molecular weight excluding hydrogens is 454 g/mol. The van der Waals surface area contributed by atoms with E-state index in [2.05, 4.69) is 16.9 Å². The molecule has 0 fully saturated rings. The monoisotopic (exact) mass is 496 g/mol. The smallest absolute Gasteiger partial charge is 0.328 e. The number of nitrogens with one attached hydrogen (secondary N) is 1. The van der Waals surface area contributed by atoms with Crippen molar-refractivity contribution in [2.75, 3.05) is 6.54 Å². The van der Waals surface area contributed by atoms with Crippen LogP contribution in [-0.2, 0) is 11.2 Å². The molecule has 2 atom stereocenters. The lowest BCUT2D eigenvalue weighted by atomic mass is 9.88. The number of nitrogens with two attached hydrogens (primary N) is 2. The summed E-state index contributed by atoms with van der Waals surface area (Å²) in [5.41, 5.74) is 12.8. The Balaban J connectivity index is 2.08. The molecule has 1 heterocycles. The van der Waals surface area contributed by atoms with Gasteiger partial charge in [-0.25, -0.2) is 9.79 Å². The van der Waals surface area contributed by atoms with E-state index in [0.717, 1.165) is 25.7 Å². The summed E-state index contributed by atoms with van der Waals surface area (Å²) in [6, 6.07) is 10.8. The number of carbonyl (C=O) groups is 1. The van der Waals surface area contributed by atoms with Gasteiger partial charge in [-0.1, -0.05) is 94.6 Å². The van der Waals surface area contributed by atoms with Crippen LogP contribution in [0.15, 0.2) is 59.2 Å². The second-order valence-electron chi connectivity index (χ2n) is 9.37. The van der Waals surface area contributed by atoms with Crippen molar-refractivity contribution in [2.24, 2.45) is 22.4 Å². The second kappa shape index (κ2) is 16.3. The molecular formula is C28H42N5O3-. The Morgan fingerprint density at radius 3 is 2.42 bits per heavy atom. The first-order valence-electron chi connectivity index (χ1n) is 13.0. The SMILES string of the molecule is CCCCCCC[C@H](CCC[C@@H]([N-]c1ccc[nH]1)/C(=C/C(=O)O)CN=C(N)N)Cc1ccc(O)cc1. The summed E-state index contributed by atoms with van der Waals surface area (Å²) in [7, 11) is 0. The molecule has 0 saturated heterocycles. The van der Waals surface area contributed by atoms with E-state index in [1.165, 1.54) is 43.7 Å². The molecule has 0 spiro atoms. The fourth-order valence-electron chi connectivity index (χ4n) is 4.44. The molecule has 2 aromatic rings. The van der Waals surface area contributed by atoms with E-state index in [-0.39, 0.29) is 24.3 Å². The maximum absolute atomic E-state index is 11.5. The Morgan fingerprint density at radius 1 is 1.06 bits per heavy atom. The molecule has 7 N–H and O–H groups in total. The van der Waals surface area contributed by atoms with E-state index in [0.29, 0.717) is 23.7 Å². The number of carboxylic acid groups (broad SMARTS) is 1. The average molecular weight is 497 g/mol. The summed E-state index contributed by atoms with van der Waals surface area (Å²) in [5, 5.41) is 23.8. The van der Waals surface area contributed by atoms with Crippen LogP contribution in [0.3, 0.4) is 0 Å². The first-order valence-corrected chi connectivity index (χ1v) is 13.0. The molecule has 1 aromatic carbocycles. The summed E-state index contributed by atoms with van der Waals surface area (Å²) >= 11 is 0. The van der Waals surface area contributed by atoms with Crippen LogP contribution >= 0.6 is 0 Å². The molecule has 198 valence electrons. The highest BCUT2D eigenvalue weighted by Gasteiger charge is 2.15. The number of guanidine groups is 1. The lowest BCUT2D eigenvalue weighted by molar-refractivity contribution is -0.131. The number of carboxylic acids is 1. The number of hydrogen-bond acceptors (Lipinski definition) is 3. The number of aromatic nitrogens is 1. The van der Waals surface area contributed by atoms with Crippen LogP contribution in [0.2, 0.25) is 0 Å². The fraction of sp³-hybridized carbons (Fsp3) is 0.500. The highest BCUT2D eigenvalue weighted by molar-refractivity contribution is 5.81. The van der Waals surface area contributed by atoms with Gasteiger partial charge in [0.15, 0.2) is 5.96 Å². The van der Waals surface area contributed by atoms with Gasteiger partial charge in [0.25, 0.3) is 0 Å². The predicted octanol–water partition coefficient (Wildman–Crippen LogP) is 5.77. The molecule has 0 amide bonds.